The lowest BCUT2D eigenvalue weighted by Gasteiger charge is -2.70. The van der Waals surface area contributed by atoms with Gasteiger partial charge in [-0.25, -0.2) is 0 Å². The Morgan fingerprint density at radius 1 is 1.02 bits per heavy atom. The third-order valence-corrected chi connectivity index (χ3v) is 14.4. The molecule has 4 N–H and O–H groups in total. The van der Waals surface area contributed by atoms with E-state index >= 15 is 0 Å². The third kappa shape index (κ3) is 4.05. The quantitative estimate of drug-likeness (QED) is 0.345. The minimum absolute atomic E-state index is 0.0197. The fraction of sp³-hybridized carbons (Fsp3) is 0.857. The van der Waals surface area contributed by atoms with E-state index in [0.29, 0.717) is 17.8 Å². The number of fused-ring (bicyclic) bond motifs is 7. The number of aliphatic hydroxyl groups is 3. The van der Waals surface area contributed by atoms with Gasteiger partial charge in [-0.3, -0.25) is 4.79 Å². The maximum Gasteiger partial charge on any atom is 0.307 e. The highest BCUT2D eigenvalue weighted by Gasteiger charge is 2.67. The first-order valence-corrected chi connectivity index (χ1v) is 16.5. The minimum Gasteiger partial charge on any atom is -0.481 e. The molecule has 0 aromatic carbocycles. The molecule has 236 valence electrons. The van der Waals surface area contributed by atoms with Crippen LogP contribution in [0.15, 0.2) is 22.8 Å². The van der Waals surface area contributed by atoms with Crippen molar-refractivity contribution in [3.63, 3.8) is 0 Å². The minimum atomic E-state index is -1.17. The zero-order valence-corrected chi connectivity index (χ0v) is 26.7. The number of carboxylic acids is 1. The maximum absolute atomic E-state index is 12.4. The summed E-state index contributed by atoms with van der Waals surface area (Å²) in [6.07, 6.45) is 6.25. The zero-order chi connectivity index (χ0) is 30.6. The Kier molecular flexibility index (Phi) is 7.42. The highest BCUT2D eigenvalue weighted by Crippen LogP contribution is 2.74. The fourth-order valence-corrected chi connectivity index (χ4v) is 11.7. The van der Waals surface area contributed by atoms with Gasteiger partial charge in [0.05, 0.1) is 18.6 Å². The van der Waals surface area contributed by atoms with Crippen LogP contribution in [0.25, 0.3) is 0 Å². The second-order valence-corrected chi connectivity index (χ2v) is 16.3. The van der Waals surface area contributed by atoms with Crippen LogP contribution in [0.1, 0.15) is 99.8 Å². The van der Waals surface area contributed by atoms with Crippen molar-refractivity contribution < 1.29 is 34.7 Å². The van der Waals surface area contributed by atoms with Gasteiger partial charge in [-0.05, 0) is 115 Å². The first-order chi connectivity index (χ1) is 19.6. The van der Waals surface area contributed by atoms with Gasteiger partial charge in [0.1, 0.15) is 18.3 Å². The average molecular weight is 587 g/mol. The third-order valence-electron chi connectivity index (χ3n) is 14.4. The zero-order valence-electron chi connectivity index (χ0n) is 26.7. The number of ether oxygens (including phenoxy) is 2. The molecule has 6 aliphatic rings. The van der Waals surface area contributed by atoms with Gasteiger partial charge < -0.3 is 29.9 Å². The summed E-state index contributed by atoms with van der Waals surface area (Å²) in [4.78, 5) is 12.4. The average Bonchev–Trinajstić information content (AvgIpc) is 3.20. The first kappa shape index (κ1) is 30.8. The normalized spacial score (nSPS) is 51.6. The molecule has 13 atom stereocenters. The van der Waals surface area contributed by atoms with Crippen molar-refractivity contribution in [2.24, 2.45) is 51.2 Å². The Labute approximate surface area is 251 Å². The van der Waals surface area contributed by atoms with Gasteiger partial charge in [0.15, 0.2) is 6.29 Å². The molecule has 3 saturated carbocycles. The first-order valence-electron chi connectivity index (χ1n) is 16.5. The van der Waals surface area contributed by atoms with Crippen LogP contribution in [-0.2, 0) is 14.3 Å². The van der Waals surface area contributed by atoms with Crippen LogP contribution in [0.4, 0.5) is 0 Å². The van der Waals surface area contributed by atoms with Crippen molar-refractivity contribution >= 4 is 5.97 Å². The van der Waals surface area contributed by atoms with E-state index in [4.69, 9.17) is 9.47 Å². The molecule has 0 radical (unpaired) electrons. The molecule has 0 amide bonds. The van der Waals surface area contributed by atoms with E-state index in [9.17, 15) is 25.2 Å². The van der Waals surface area contributed by atoms with Crippen LogP contribution in [0.3, 0.4) is 0 Å². The molecular formula is C35H54O7. The van der Waals surface area contributed by atoms with E-state index in [1.54, 1.807) is 0 Å². The molecule has 1 heterocycles. The van der Waals surface area contributed by atoms with Crippen LogP contribution < -0.4 is 0 Å². The monoisotopic (exact) mass is 586 g/mol. The number of carboxylic acid groups (broad SMARTS) is 1. The molecule has 0 unspecified atom stereocenters. The van der Waals surface area contributed by atoms with Crippen LogP contribution >= 0.6 is 0 Å². The summed E-state index contributed by atoms with van der Waals surface area (Å²) in [6.45, 7) is 16.3. The van der Waals surface area contributed by atoms with Gasteiger partial charge in [-0.2, -0.15) is 0 Å². The van der Waals surface area contributed by atoms with E-state index < -0.39 is 30.6 Å². The van der Waals surface area contributed by atoms with E-state index in [1.807, 2.05) is 0 Å². The topological polar surface area (TPSA) is 116 Å². The summed E-state index contributed by atoms with van der Waals surface area (Å²) in [5.74, 6) is 0.462. The highest BCUT2D eigenvalue weighted by atomic mass is 16.7. The summed E-state index contributed by atoms with van der Waals surface area (Å²) in [5, 5.41) is 40.6. The Balaban J connectivity index is 1.31. The number of carbonyl (C=O) groups is 1. The largest absolute Gasteiger partial charge is 0.481 e. The fourth-order valence-electron chi connectivity index (χ4n) is 11.7. The highest BCUT2D eigenvalue weighted by molar-refractivity contribution is 5.72. The van der Waals surface area contributed by atoms with Crippen molar-refractivity contribution in [3.8, 4) is 0 Å². The van der Waals surface area contributed by atoms with Gasteiger partial charge in [-0.1, -0.05) is 53.2 Å². The molecular weight excluding hydrogens is 532 g/mol. The van der Waals surface area contributed by atoms with Crippen LogP contribution in [0, 0.1) is 51.2 Å². The van der Waals surface area contributed by atoms with Crippen LogP contribution in [-0.4, -0.2) is 63.7 Å². The Morgan fingerprint density at radius 2 is 1.74 bits per heavy atom. The number of rotatable bonds is 4. The molecule has 7 heteroatoms. The van der Waals surface area contributed by atoms with Crippen molar-refractivity contribution in [2.45, 2.75) is 131 Å². The molecule has 0 bridgehead atoms. The van der Waals surface area contributed by atoms with E-state index in [1.165, 1.54) is 16.7 Å². The van der Waals surface area contributed by atoms with Gasteiger partial charge >= 0.3 is 5.97 Å². The molecule has 5 aliphatic carbocycles. The standard InChI is InChI=1S/C35H54O7/c1-18-16-21(30(39)40)20-10-14-34(6)22(27(20)19(18)2)8-9-25-33(5)13-12-26(32(3,4)24(33)11-15-35(25,34)7)42-31-29(38)28(37)23(17-36)41-31/h8,18,20-21,23-26,28-29,31,36-38H,9-17H2,1-7H3,(H,39,40)/t18-,20+,21-,23-,24+,25-,26+,28-,29+,31-,33+,34-,35-/m1/s1. The number of hydrogen-bond acceptors (Lipinski definition) is 6. The lowest BCUT2D eigenvalue weighted by Crippen LogP contribution is -2.64. The lowest BCUT2D eigenvalue weighted by molar-refractivity contribution is -0.258. The van der Waals surface area contributed by atoms with Crippen LogP contribution in [0.2, 0.25) is 0 Å². The number of aliphatic hydroxyl groups excluding tert-OH is 3. The maximum atomic E-state index is 12.4. The molecule has 4 fully saturated rings. The molecule has 0 aromatic heterocycles. The second kappa shape index (κ2) is 10.1. The van der Waals surface area contributed by atoms with Crippen molar-refractivity contribution in [3.05, 3.63) is 22.8 Å². The van der Waals surface area contributed by atoms with Crippen molar-refractivity contribution in [1.29, 1.82) is 0 Å². The smallest absolute Gasteiger partial charge is 0.307 e. The lowest BCUT2D eigenvalue weighted by atomic mass is 9.35. The van der Waals surface area contributed by atoms with Crippen LogP contribution in [0.5, 0.6) is 0 Å². The van der Waals surface area contributed by atoms with E-state index in [2.05, 4.69) is 54.5 Å². The van der Waals surface area contributed by atoms with Crippen molar-refractivity contribution in [1.82, 2.24) is 0 Å². The summed E-state index contributed by atoms with van der Waals surface area (Å²) < 4.78 is 12.2. The Hall–Kier alpha value is -1.25. The van der Waals surface area contributed by atoms with E-state index in [-0.39, 0.29) is 46.2 Å². The van der Waals surface area contributed by atoms with Gasteiger partial charge in [-0.15, -0.1) is 0 Å². The Bertz CT molecular complexity index is 1170. The number of aliphatic carboxylic acids is 1. The predicted molar refractivity (Wildman–Crippen MR) is 159 cm³/mol. The predicted octanol–water partition coefficient (Wildman–Crippen LogP) is 5.47. The van der Waals surface area contributed by atoms with Gasteiger partial charge in [0.2, 0.25) is 0 Å². The number of hydrogen-bond donors (Lipinski definition) is 4. The second-order valence-electron chi connectivity index (χ2n) is 16.3. The summed E-state index contributed by atoms with van der Waals surface area (Å²) >= 11 is 0. The van der Waals surface area contributed by atoms with Crippen molar-refractivity contribution in [2.75, 3.05) is 6.61 Å². The molecule has 7 nitrogen and oxygen atoms in total. The summed E-state index contributed by atoms with van der Waals surface area (Å²) in [6, 6.07) is 0. The molecule has 0 spiro atoms. The molecule has 6 rings (SSSR count). The molecule has 1 saturated heterocycles. The molecule has 0 aromatic rings. The van der Waals surface area contributed by atoms with Gasteiger partial charge in [0.25, 0.3) is 0 Å². The SMILES string of the molecule is CC1=C2C3=CC[C@@H]4[C@@]5(C)CC[C@H](O[C@H]6O[C@H](CO)[C@@H](O)[C@@H]6O)C(C)(C)[C@@H]5CC[C@@]4(C)[C@]3(C)CC[C@H]2[C@H](C(=O)O)C[C@H]1C. The number of allylic oxidation sites excluding steroid dienone is 4. The Morgan fingerprint density at radius 3 is 2.38 bits per heavy atom. The van der Waals surface area contributed by atoms with E-state index in [0.717, 1.165) is 51.4 Å². The molecule has 1 aliphatic heterocycles. The van der Waals surface area contributed by atoms with Gasteiger partial charge in [0, 0.05) is 0 Å². The molecule has 42 heavy (non-hydrogen) atoms. The summed E-state index contributed by atoms with van der Waals surface area (Å²) in [5.41, 5.74) is 4.37. The summed E-state index contributed by atoms with van der Waals surface area (Å²) in [7, 11) is 0.